The number of rotatable bonds is 1. The third-order valence-electron chi connectivity index (χ3n) is 1.33. The van der Waals surface area contributed by atoms with Gasteiger partial charge in [-0.15, -0.1) is 0 Å². The zero-order valence-electron chi connectivity index (χ0n) is 4.20. The van der Waals surface area contributed by atoms with Gasteiger partial charge in [-0.05, 0) is 12.8 Å². The van der Waals surface area contributed by atoms with Crippen molar-refractivity contribution in [3.8, 4) is 0 Å². The molecule has 1 rings (SSSR count). The van der Waals surface area contributed by atoms with Crippen molar-refractivity contribution in [1.82, 2.24) is 0 Å². The molecule has 0 aliphatic heterocycles. The fourth-order valence-electron chi connectivity index (χ4n) is 0.411. The lowest BCUT2D eigenvalue weighted by molar-refractivity contribution is -0.197. The second-order valence-corrected chi connectivity index (χ2v) is 4.06. The maximum Gasteiger partial charge on any atom is 0.152 e. The minimum absolute atomic E-state index is 0.393. The Morgan fingerprint density at radius 3 is 2.12 bits per heavy atom. The Kier molecular flexibility index (Phi) is 1.04. The van der Waals surface area contributed by atoms with Crippen LogP contribution in [0.1, 0.15) is 12.8 Å². The van der Waals surface area contributed by atoms with Crippen molar-refractivity contribution in [1.29, 1.82) is 0 Å². The monoisotopic (exact) mass is 136 g/mol. The van der Waals surface area contributed by atoms with Crippen LogP contribution in [0.4, 0.5) is 0 Å². The van der Waals surface area contributed by atoms with Gasteiger partial charge in [-0.1, -0.05) is 0 Å². The van der Waals surface area contributed by atoms with Crippen LogP contribution in [-0.2, 0) is 4.57 Å². The molecule has 0 spiro atoms. The molecule has 0 amide bonds. The molecule has 1 unspecified atom stereocenters. The van der Waals surface area contributed by atoms with E-state index in [4.69, 9.17) is 10.6 Å². The standard InChI is InChI=1S/C3H8NO3P/c4-3(1-2-3)8(5,6)7/h1-2,4H2,(H2,5,6,7)/p-1. The molecule has 0 aromatic carbocycles. The highest BCUT2D eigenvalue weighted by atomic mass is 31.2. The first-order valence-electron chi connectivity index (χ1n) is 2.28. The predicted octanol–water partition coefficient (Wildman–Crippen LogP) is -1.02. The molecule has 0 aromatic rings. The van der Waals surface area contributed by atoms with Crippen LogP contribution in [0.15, 0.2) is 0 Å². The molecule has 1 saturated carbocycles. The summed E-state index contributed by atoms with van der Waals surface area (Å²) in [6.07, 6.45) is 0.786. The maximum atomic E-state index is 10.2. The molecule has 48 valence electrons. The fourth-order valence-corrected chi connectivity index (χ4v) is 1.09. The molecule has 0 radical (unpaired) electrons. The summed E-state index contributed by atoms with van der Waals surface area (Å²) in [4.78, 5) is 18.5. The van der Waals surface area contributed by atoms with Crippen molar-refractivity contribution in [2.24, 2.45) is 5.73 Å². The fraction of sp³-hybridized carbons (Fsp3) is 1.00. The van der Waals surface area contributed by atoms with E-state index in [1.54, 1.807) is 0 Å². The van der Waals surface area contributed by atoms with Crippen LogP contribution in [-0.4, -0.2) is 10.2 Å². The largest absolute Gasteiger partial charge is 0.777 e. The van der Waals surface area contributed by atoms with Gasteiger partial charge in [-0.3, -0.25) is 0 Å². The number of nitrogens with two attached hydrogens (primary N) is 1. The average molecular weight is 136 g/mol. The van der Waals surface area contributed by atoms with Gasteiger partial charge in [-0.25, -0.2) is 0 Å². The Morgan fingerprint density at radius 2 is 2.12 bits per heavy atom. The summed E-state index contributed by atoms with van der Waals surface area (Å²) >= 11 is 0. The Labute approximate surface area is 46.9 Å². The van der Waals surface area contributed by atoms with Gasteiger partial charge < -0.3 is 20.1 Å². The van der Waals surface area contributed by atoms with E-state index in [-0.39, 0.29) is 0 Å². The Hall–Kier alpha value is 0.110. The van der Waals surface area contributed by atoms with E-state index in [1.165, 1.54) is 0 Å². The van der Waals surface area contributed by atoms with Gasteiger partial charge in [0.2, 0.25) is 0 Å². The Morgan fingerprint density at radius 1 is 1.75 bits per heavy atom. The summed E-state index contributed by atoms with van der Waals surface area (Å²) in [5, 5.41) is -1.26. The van der Waals surface area contributed by atoms with E-state index in [0.29, 0.717) is 12.8 Å². The molecule has 0 bridgehead atoms. The molecule has 0 aromatic heterocycles. The predicted molar refractivity (Wildman–Crippen MR) is 26.0 cm³/mol. The van der Waals surface area contributed by atoms with E-state index < -0.39 is 12.9 Å². The van der Waals surface area contributed by atoms with Gasteiger partial charge >= 0.3 is 0 Å². The van der Waals surface area contributed by atoms with E-state index in [2.05, 4.69) is 0 Å². The van der Waals surface area contributed by atoms with E-state index in [0.717, 1.165) is 0 Å². The summed E-state index contributed by atoms with van der Waals surface area (Å²) in [5.41, 5.74) is 5.10. The maximum absolute atomic E-state index is 10.2. The number of hydrogen-bond donors (Lipinski definition) is 2. The van der Waals surface area contributed by atoms with Crippen LogP contribution in [0.3, 0.4) is 0 Å². The molecular formula is C3H7NO3P-. The minimum Gasteiger partial charge on any atom is -0.777 e. The first-order chi connectivity index (χ1) is 3.46. The van der Waals surface area contributed by atoms with Crippen LogP contribution in [0.2, 0.25) is 0 Å². The molecule has 1 fully saturated rings. The molecule has 1 atom stereocenters. The molecule has 5 heteroatoms. The van der Waals surface area contributed by atoms with Gasteiger partial charge in [0.25, 0.3) is 0 Å². The third kappa shape index (κ3) is 0.801. The molecule has 8 heavy (non-hydrogen) atoms. The van der Waals surface area contributed by atoms with Crippen LogP contribution >= 0.6 is 7.60 Å². The van der Waals surface area contributed by atoms with Crippen molar-refractivity contribution in [2.45, 2.75) is 18.1 Å². The highest BCUT2D eigenvalue weighted by Crippen LogP contribution is 2.58. The van der Waals surface area contributed by atoms with Crippen LogP contribution in [0.5, 0.6) is 0 Å². The molecular weight excluding hydrogens is 129 g/mol. The van der Waals surface area contributed by atoms with E-state index >= 15 is 0 Å². The molecule has 0 saturated heterocycles. The molecule has 1 aliphatic rings. The van der Waals surface area contributed by atoms with Gasteiger partial charge in [0.1, 0.15) is 0 Å². The van der Waals surface area contributed by atoms with E-state index in [9.17, 15) is 9.46 Å². The lowest BCUT2D eigenvalue weighted by Crippen LogP contribution is -2.27. The van der Waals surface area contributed by atoms with Crippen molar-refractivity contribution in [3.63, 3.8) is 0 Å². The SMILES string of the molecule is NC1(P(=O)([O-])O)CC1. The van der Waals surface area contributed by atoms with Crippen LogP contribution in [0, 0.1) is 0 Å². The normalized spacial score (nSPS) is 31.4. The molecule has 3 N–H and O–H groups in total. The lowest BCUT2D eigenvalue weighted by Gasteiger charge is -2.22. The quantitative estimate of drug-likeness (QED) is 0.452. The summed E-state index contributed by atoms with van der Waals surface area (Å²) < 4.78 is 10.2. The molecule has 0 heterocycles. The van der Waals surface area contributed by atoms with Crippen molar-refractivity contribution in [3.05, 3.63) is 0 Å². The molecule has 1 aliphatic carbocycles. The second-order valence-electron chi connectivity index (χ2n) is 2.12. The van der Waals surface area contributed by atoms with Gasteiger partial charge in [0.15, 0.2) is 7.60 Å². The van der Waals surface area contributed by atoms with Crippen LogP contribution < -0.4 is 10.6 Å². The summed E-state index contributed by atoms with van der Waals surface area (Å²) in [5.74, 6) is 0. The van der Waals surface area contributed by atoms with Gasteiger partial charge in [0.05, 0.1) is 5.28 Å². The molecule has 4 nitrogen and oxygen atoms in total. The average Bonchev–Trinajstić information content (AvgIpc) is 2.16. The Balaban J connectivity index is 2.73. The smallest absolute Gasteiger partial charge is 0.152 e. The van der Waals surface area contributed by atoms with Crippen molar-refractivity contribution >= 4 is 7.60 Å². The lowest BCUT2D eigenvalue weighted by atomic mass is 10.8. The first kappa shape index (κ1) is 6.23. The minimum atomic E-state index is -4.21. The Bertz CT molecular complexity index is 147. The zero-order chi connectivity index (χ0) is 6.41. The topological polar surface area (TPSA) is 86.4 Å². The summed E-state index contributed by atoms with van der Waals surface area (Å²) in [6.45, 7) is 0. The van der Waals surface area contributed by atoms with Crippen molar-refractivity contribution < 1.29 is 14.4 Å². The summed E-state index contributed by atoms with van der Waals surface area (Å²) in [7, 11) is -4.21. The number of hydrogen-bond acceptors (Lipinski definition) is 3. The highest BCUT2D eigenvalue weighted by molar-refractivity contribution is 7.52. The van der Waals surface area contributed by atoms with Crippen LogP contribution in [0.25, 0.3) is 0 Å². The second kappa shape index (κ2) is 1.33. The first-order valence-corrected chi connectivity index (χ1v) is 3.86. The van der Waals surface area contributed by atoms with E-state index in [1.807, 2.05) is 0 Å². The third-order valence-corrected chi connectivity index (χ3v) is 2.90. The van der Waals surface area contributed by atoms with Crippen molar-refractivity contribution in [2.75, 3.05) is 0 Å². The highest BCUT2D eigenvalue weighted by Gasteiger charge is 2.47. The zero-order valence-corrected chi connectivity index (χ0v) is 5.10. The van der Waals surface area contributed by atoms with Gasteiger partial charge in [0, 0.05) is 0 Å². The summed E-state index contributed by atoms with van der Waals surface area (Å²) in [6, 6.07) is 0. The van der Waals surface area contributed by atoms with Gasteiger partial charge in [-0.2, -0.15) is 0 Å².